The molecule has 0 heterocycles. The van der Waals surface area contributed by atoms with E-state index in [0.29, 0.717) is 6.04 Å². The van der Waals surface area contributed by atoms with Crippen LogP contribution in [0.4, 0.5) is 0 Å². The highest BCUT2D eigenvalue weighted by atomic mass is 79.9. The Bertz CT molecular complexity index is 493. The number of carboxylic acid groups (broad SMARTS) is 1. The van der Waals surface area contributed by atoms with Crippen LogP contribution >= 0.6 is 15.9 Å². The molecule has 1 saturated carbocycles. The zero-order valence-electron chi connectivity index (χ0n) is 12.7. The van der Waals surface area contributed by atoms with Crippen molar-refractivity contribution in [1.29, 1.82) is 0 Å². The smallest absolute Gasteiger partial charge is 0.306 e. The molecule has 1 aromatic rings. The molecule has 0 amide bonds. The largest absolute Gasteiger partial charge is 0.481 e. The summed E-state index contributed by atoms with van der Waals surface area (Å²) < 4.78 is 1.11. The second kappa shape index (κ2) is 6.93. The number of hydrogen-bond donors (Lipinski definition) is 2. The van der Waals surface area contributed by atoms with Crippen LogP contribution in [0.3, 0.4) is 0 Å². The molecule has 0 radical (unpaired) electrons. The zero-order chi connectivity index (χ0) is 15.5. The highest BCUT2D eigenvalue weighted by Crippen LogP contribution is 2.28. The van der Waals surface area contributed by atoms with E-state index in [9.17, 15) is 4.79 Å². The Morgan fingerprint density at radius 2 is 2.00 bits per heavy atom. The third-order valence-electron chi connectivity index (χ3n) is 4.52. The lowest BCUT2D eigenvalue weighted by Gasteiger charge is -2.32. The van der Waals surface area contributed by atoms with E-state index in [1.807, 2.05) is 6.07 Å². The molecule has 3 nitrogen and oxygen atoms in total. The summed E-state index contributed by atoms with van der Waals surface area (Å²) in [4.78, 5) is 11.0. The summed E-state index contributed by atoms with van der Waals surface area (Å²) in [5.41, 5.74) is 1.37. The Morgan fingerprint density at radius 3 is 2.57 bits per heavy atom. The van der Waals surface area contributed by atoms with Crippen molar-refractivity contribution in [1.82, 2.24) is 5.32 Å². The first-order valence-corrected chi connectivity index (χ1v) is 8.40. The van der Waals surface area contributed by atoms with Gasteiger partial charge in [0.1, 0.15) is 0 Å². The molecule has 0 spiro atoms. The van der Waals surface area contributed by atoms with E-state index in [1.54, 1.807) is 0 Å². The molecule has 0 aromatic heterocycles. The van der Waals surface area contributed by atoms with Crippen LogP contribution < -0.4 is 5.32 Å². The molecular weight excluding hydrogens is 330 g/mol. The normalized spacial score (nSPS) is 23.0. The summed E-state index contributed by atoms with van der Waals surface area (Å²) >= 11 is 3.53. The second-order valence-corrected chi connectivity index (χ2v) is 7.58. The van der Waals surface area contributed by atoms with Crippen molar-refractivity contribution < 1.29 is 9.90 Å². The third kappa shape index (κ3) is 4.55. The fraction of sp³-hybridized carbons (Fsp3) is 0.588. The van der Waals surface area contributed by atoms with Crippen LogP contribution in [-0.4, -0.2) is 23.7 Å². The maximum Gasteiger partial charge on any atom is 0.306 e. The van der Waals surface area contributed by atoms with Gasteiger partial charge in [-0.3, -0.25) is 4.79 Å². The van der Waals surface area contributed by atoms with Crippen LogP contribution in [0.15, 0.2) is 28.7 Å². The van der Waals surface area contributed by atoms with Crippen molar-refractivity contribution in [3.05, 3.63) is 34.3 Å². The summed E-state index contributed by atoms with van der Waals surface area (Å²) in [6.07, 6.45) is 3.52. The van der Waals surface area contributed by atoms with Gasteiger partial charge < -0.3 is 10.4 Å². The molecule has 0 bridgehead atoms. The van der Waals surface area contributed by atoms with Gasteiger partial charge in [0, 0.05) is 22.5 Å². The quantitative estimate of drug-likeness (QED) is 0.842. The van der Waals surface area contributed by atoms with E-state index in [0.717, 1.165) is 36.7 Å². The lowest BCUT2D eigenvalue weighted by atomic mass is 9.82. The molecule has 1 aliphatic rings. The SMILES string of the molecule is CC(C)(CNC1CCC(C(=O)O)CC1)c1cccc(Br)c1. The lowest BCUT2D eigenvalue weighted by molar-refractivity contribution is -0.142. The van der Waals surface area contributed by atoms with Crippen LogP contribution in [0.25, 0.3) is 0 Å². The topological polar surface area (TPSA) is 49.3 Å². The van der Waals surface area contributed by atoms with Gasteiger partial charge in [-0.2, -0.15) is 0 Å². The third-order valence-corrected chi connectivity index (χ3v) is 5.01. The van der Waals surface area contributed by atoms with Crippen molar-refractivity contribution in [2.75, 3.05) is 6.54 Å². The summed E-state index contributed by atoms with van der Waals surface area (Å²) in [7, 11) is 0. The fourth-order valence-electron chi connectivity index (χ4n) is 2.96. The van der Waals surface area contributed by atoms with Gasteiger partial charge in [-0.25, -0.2) is 0 Å². The van der Waals surface area contributed by atoms with Gasteiger partial charge in [0.2, 0.25) is 0 Å². The first-order chi connectivity index (χ1) is 9.88. The molecule has 0 unspecified atom stereocenters. The van der Waals surface area contributed by atoms with Crippen LogP contribution in [-0.2, 0) is 10.2 Å². The molecule has 0 aliphatic heterocycles. The monoisotopic (exact) mass is 353 g/mol. The molecule has 1 aromatic carbocycles. The highest BCUT2D eigenvalue weighted by Gasteiger charge is 2.27. The number of carbonyl (C=O) groups is 1. The number of aliphatic carboxylic acids is 1. The standard InChI is InChI=1S/C17H24BrNO2/c1-17(2,13-4-3-5-14(18)10-13)11-19-15-8-6-12(7-9-15)16(20)21/h3-5,10,12,15,19H,6-9,11H2,1-2H3,(H,20,21). The fourth-order valence-corrected chi connectivity index (χ4v) is 3.35. The summed E-state index contributed by atoms with van der Waals surface area (Å²) in [6.45, 7) is 5.39. The number of nitrogens with one attached hydrogen (secondary N) is 1. The molecule has 4 heteroatoms. The van der Waals surface area contributed by atoms with Gasteiger partial charge >= 0.3 is 5.97 Å². The first-order valence-electron chi connectivity index (χ1n) is 7.61. The molecule has 0 atom stereocenters. The Kier molecular flexibility index (Phi) is 5.44. The Balaban J connectivity index is 1.86. The van der Waals surface area contributed by atoms with E-state index in [1.165, 1.54) is 5.56 Å². The number of halogens is 1. The average molecular weight is 354 g/mol. The highest BCUT2D eigenvalue weighted by molar-refractivity contribution is 9.10. The van der Waals surface area contributed by atoms with Crippen LogP contribution in [0, 0.1) is 5.92 Å². The summed E-state index contributed by atoms with van der Waals surface area (Å²) in [6, 6.07) is 8.89. The molecule has 1 aliphatic carbocycles. The number of carboxylic acids is 1. The van der Waals surface area contributed by atoms with E-state index in [2.05, 4.69) is 53.3 Å². The van der Waals surface area contributed by atoms with E-state index in [-0.39, 0.29) is 11.3 Å². The Labute approximate surface area is 135 Å². The van der Waals surface area contributed by atoms with Crippen molar-refractivity contribution >= 4 is 21.9 Å². The van der Waals surface area contributed by atoms with Gasteiger partial charge in [0.25, 0.3) is 0 Å². The minimum absolute atomic E-state index is 0.0629. The van der Waals surface area contributed by atoms with Gasteiger partial charge in [-0.1, -0.05) is 41.9 Å². The van der Waals surface area contributed by atoms with Crippen molar-refractivity contribution in [2.24, 2.45) is 5.92 Å². The van der Waals surface area contributed by atoms with Crippen molar-refractivity contribution in [3.8, 4) is 0 Å². The minimum Gasteiger partial charge on any atom is -0.481 e. The van der Waals surface area contributed by atoms with Gasteiger partial charge in [-0.15, -0.1) is 0 Å². The molecule has 1 fully saturated rings. The molecular formula is C17H24BrNO2. The Hall–Kier alpha value is -0.870. The molecule has 21 heavy (non-hydrogen) atoms. The van der Waals surface area contributed by atoms with E-state index in [4.69, 9.17) is 5.11 Å². The average Bonchev–Trinajstić information content (AvgIpc) is 2.45. The summed E-state index contributed by atoms with van der Waals surface area (Å²) in [5, 5.41) is 12.7. The molecule has 116 valence electrons. The molecule has 2 rings (SSSR count). The van der Waals surface area contributed by atoms with Crippen molar-refractivity contribution in [3.63, 3.8) is 0 Å². The Morgan fingerprint density at radius 1 is 1.33 bits per heavy atom. The number of rotatable bonds is 5. The second-order valence-electron chi connectivity index (χ2n) is 6.66. The predicted molar refractivity (Wildman–Crippen MR) is 88.6 cm³/mol. The van der Waals surface area contributed by atoms with Gasteiger partial charge in [0.05, 0.1) is 5.92 Å². The zero-order valence-corrected chi connectivity index (χ0v) is 14.3. The molecule has 2 N–H and O–H groups in total. The number of benzene rings is 1. The number of hydrogen-bond acceptors (Lipinski definition) is 2. The molecule has 0 saturated heterocycles. The maximum absolute atomic E-state index is 11.0. The maximum atomic E-state index is 11.0. The van der Waals surface area contributed by atoms with Crippen LogP contribution in [0.5, 0.6) is 0 Å². The minimum atomic E-state index is -0.636. The van der Waals surface area contributed by atoms with Crippen LogP contribution in [0.1, 0.15) is 45.1 Å². The van der Waals surface area contributed by atoms with Crippen LogP contribution in [0.2, 0.25) is 0 Å². The van der Waals surface area contributed by atoms with Crippen molar-refractivity contribution in [2.45, 2.75) is 51.0 Å². The van der Waals surface area contributed by atoms with Gasteiger partial charge in [0.15, 0.2) is 0 Å². The predicted octanol–water partition coefficient (Wildman–Crippen LogP) is 3.96. The van der Waals surface area contributed by atoms with E-state index >= 15 is 0 Å². The van der Waals surface area contributed by atoms with Gasteiger partial charge in [-0.05, 0) is 43.4 Å². The first kappa shape index (κ1) is 16.5. The van der Waals surface area contributed by atoms with E-state index < -0.39 is 5.97 Å². The lowest BCUT2D eigenvalue weighted by Crippen LogP contribution is -2.41. The summed E-state index contributed by atoms with van der Waals surface area (Å²) in [5.74, 6) is -0.774.